The van der Waals surface area contributed by atoms with Crippen molar-refractivity contribution in [1.29, 1.82) is 0 Å². The van der Waals surface area contributed by atoms with Crippen LogP contribution in [0.4, 0.5) is 0 Å². The lowest BCUT2D eigenvalue weighted by molar-refractivity contribution is 0.0796. The van der Waals surface area contributed by atoms with Crippen molar-refractivity contribution in [2.75, 3.05) is 13.1 Å². The lowest BCUT2D eigenvalue weighted by atomic mass is 10.1. The van der Waals surface area contributed by atoms with Gasteiger partial charge in [0.15, 0.2) is 0 Å². The number of aromatic nitrogens is 2. The number of aryl methyl sites for hydroxylation is 1. The minimum Gasteiger partial charge on any atom is -0.357 e. The van der Waals surface area contributed by atoms with Crippen molar-refractivity contribution in [2.45, 2.75) is 6.92 Å². The third kappa shape index (κ3) is 2.78. The first kappa shape index (κ1) is 14.9. The summed E-state index contributed by atoms with van der Waals surface area (Å²) < 4.78 is 0. The highest BCUT2D eigenvalue weighted by atomic mass is 32.1. The van der Waals surface area contributed by atoms with Gasteiger partial charge in [-0.25, -0.2) is 4.98 Å². The SMILES string of the molecule is Cc1nc(-c2c[nH]c(C(=O)N3CC=C(c4ccccc4)C3)c2)cs1. The zero-order valence-corrected chi connectivity index (χ0v) is 14.1. The monoisotopic (exact) mass is 335 g/mol. The molecule has 24 heavy (non-hydrogen) atoms. The van der Waals surface area contributed by atoms with Gasteiger partial charge in [-0.2, -0.15) is 0 Å². The van der Waals surface area contributed by atoms with Gasteiger partial charge >= 0.3 is 0 Å². The molecule has 4 nitrogen and oxygen atoms in total. The number of nitrogens with one attached hydrogen (secondary N) is 1. The van der Waals surface area contributed by atoms with Gasteiger partial charge in [-0.15, -0.1) is 11.3 Å². The fourth-order valence-corrected chi connectivity index (χ4v) is 3.53. The summed E-state index contributed by atoms with van der Waals surface area (Å²) in [5, 5.41) is 3.04. The molecule has 0 spiro atoms. The summed E-state index contributed by atoms with van der Waals surface area (Å²) in [6.45, 7) is 3.27. The van der Waals surface area contributed by atoms with Crippen molar-refractivity contribution in [3.8, 4) is 11.3 Å². The Morgan fingerprint density at radius 2 is 2.08 bits per heavy atom. The van der Waals surface area contributed by atoms with Crippen LogP contribution in [0.2, 0.25) is 0 Å². The molecule has 5 heteroatoms. The molecular weight excluding hydrogens is 318 g/mol. The maximum atomic E-state index is 12.7. The zero-order chi connectivity index (χ0) is 16.5. The van der Waals surface area contributed by atoms with E-state index in [9.17, 15) is 4.79 Å². The molecule has 1 N–H and O–H groups in total. The number of rotatable bonds is 3. The van der Waals surface area contributed by atoms with Gasteiger partial charge < -0.3 is 9.88 Å². The van der Waals surface area contributed by atoms with Crippen LogP contribution in [0.5, 0.6) is 0 Å². The van der Waals surface area contributed by atoms with E-state index in [0.29, 0.717) is 18.8 Å². The maximum Gasteiger partial charge on any atom is 0.270 e. The molecule has 3 aromatic rings. The smallest absolute Gasteiger partial charge is 0.270 e. The van der Waals surface area contributed by atoms with E-state index < -0.39 is 0 Å². The van der Waals surface area contributed by atoms with Gasteiger partial charge in [-0.3, -0.25) is 4.79 Å². The predicted octanol–water partition coefficient (Wildman–Crippen LogP) is 3.99. The second kappa shape index (κ2) is 6.09. The summed E-state index contributed by atoms with van der Waals surface area (Å²) in [4.78, 5) is 22.1. The van der Waals surface area contributed by atoms with Crippen LogP contribution in [0.15, 0.2) is 54.1 Å². The number of carbonyl (C=O) groups excluding carboxylic acids is 1. The van der Waals surface area contributed by atoms with Crippen LogP contribution in [0, 0.1) is 6.92 Å². The van der Waals surface area contributed by atoms with E-state index in [1.54, 1.807) is 11.3 Å². The fourth-order valence-electron chi connectivity index (χ4n) is 2.90. The highest BCUT2D eigenvalue weighted by molar-refractivity contribution is 7.09. The minimum absolute atomic E-state index is 0.0235. The molecule has 3 heterocycles. The Balaban J connectivity index is 1.49. The van der Waals surface area contributed by atoms with Crippen molar-refractivity contribution in [1.82, 2.24) is 14.9 Å². The lowest BCUT2D eigenvalue weighted by Gasteiger charge is -2.15. The molecule has 0 unspecified atom stereocenters. The molecule has 0 atom stereocenters. The van der Waals surface area contributed by atoms with Crippen molar-refractivity contribution in [3.05, 3.63) is 70.3 Å². The Morgan fingerprint density at radius 3 is 2.83 bits per heavy atom. The second-order valence-electron chi connectivity index (χ2n) is 5.83. The Labute approximate surface area is 144 Å². The number of nitrogens with zero attached hydrogens (tertiary/aromatic N) is 2. The molecule has 1 aliphatic heterocycles. The topological polar surface area (TPSA) is 49.0 Å². The molecule has 0 saturated carbocycles. The van der Waals surface area contributed by atoms with Gasteiger partial charge in [0, 0.05) is 30.2 Å². The average Bonchev–Trinajstić information content (AvgIpc) is 3.35. The van der Waals surface area contributed by atoms with E-state index in [0.717, 1.165) is 16.3 Å². The molecule has 1 amide bonds. The quantitative estimate of drug-likeness (QED) is 0.787. The number of H-pyrrole nitrogens is 1. The molecule has 0 saturated heterocycles. The normalized spacial score (nSPS) is 14.0. The third-order valence-electron chi connectivity index (χ3n) is 4.18. The van der Waals surface area contributed by atoms with Gasteiger partial charge in [0.25, 0.3) is 5.91 Å². The molecule has 0 fully saturated rings. The van der Waals surface area contributed by atoms with Crippen LogP contribution < -0.4 is 0 Å². The number of thiazole rings is 1. The highest BCUT2D eigenvalue weighted by Crippen LogP contribution is 2.25. The highest BCUT2D eigenvalue weighted by Gasteiger charge is 2.23. The molecule has 0 radical (unpaired) electrons. The van der Waals surface area contributed by atoms with Gasteiger partial charge in [0.1, 0.15) is 5.69 Å². The van der Waals surface area contributed by atoms with Crippen molar-refractivity contribution >= 4 is 22.8 Å². The Hall–Kier alpha value is -2.66. The molecule has 0 aliphatic carbocycles. The summed E-state index contributed by atoms with van der Waals surface area (Å²) in [6.07, 6.45) is 3.98. The number of hydrogen-bond acceptors (Lipinski definition) is 3. The molecule has 4 rings (SSSR count). The van der Waals surface area contributed by atoms with Crippen LogP contribution in [0.1, 0.15) is 21.1 Å². The lowest BCUT2D eigenvalue weighted by Crippen LogP contribution is -2.29. The number of carbonyl (C=O) groups is 1. The minimum atomic E-state index is 0.0235. The first-order valence-corrected chi connectivity index (χ1v) is 8.73. The summed E-state index contributed by atoms with van der Waals surface area (Å²) in [5.41, 5.74) is 4.86. The largest absolute Gasteiger partial charge is 0.357 e. The van der Waals surface area contributed by atoms with E-state index in [1.165, 1.54) is 11.1 Å². The maximum absolute atomic E-state index is 12.7. The summed E-state index contributed by atoms with van der Waals surface area (Å²) >= 11 is 1.61. The summed E-state index contributed by atoms with van der Waals surface area (Å²) in [6, 6.07) is 12.1. The Bertz CT molecular complexity index is 908. The first-order valence-electron chi connectivity index (χ1n) is 7.85. The molecule has 0 bridgehead atoms. The van der Waals surface area contributed by atoms with E-state index in [4.69, 9.17) is 0 Å². The number of aromatic amines is 1. The average molecular weight is 335 g/mol. The number of hydrogen-bond donors (Lipinski definition) is 1. The fraction of sp³-hybridized carbons (Fsp3) is 0.158. The van der Waals surface area contributed by atoms with E-state index in [2.05, 4.69) is 28.2 Å². The van der Waals surface area contributed by atoms with Crippen molar-refractivity contribution in [3.63, 3.8) is 0 Å². The summed E-state index contributed by atoms with van der Waals surface area (Å²) in [5.74, 6) is 0.0235. The van der Waals surface area contributed by atoms with Crippen LogP contribution in [-0.4, -0.2) is 33.9 Å². The van der Waals surface area contributed by atoms with Gasteiger partial charge in [-0.1, -0.05) is 36.4 Å². The number of amides is 1. The molecule has 2 aromatic heterocycles. The Kier molecular flexibility index (Phi) is 3.78. The zero-order valence-electron chi connectivity index (χ0n) is 13.3. The number of benzene rings is 1. The standard InChI is InChI=1S/C19H17N3OS/c1-13-21-18(12-24-13)16-9-17(20-10-16)19(23)22-8-7-15(11-22)14-5-3-2-4-6-14/h2-7,9-10,12,20H,8,11H2,1H3. The molecule has 1 aliphatic rings. The van der Waals surface area contributed by atoms with Gasteiger partial charge in [0.05, 0.1) is 10.7 Å². The van der Waals surface area contributed by atoms with Crippen LogP contribution in [0.3, 0.4) is 0 Å². The molecule has 1 aromatic carbocycles. The predicted molar refractivity (Wildman–Crippen MR) is 97.0 cm³/mol. The van der Waals surface area contributed by atoms with Gasteiger partial charge in [-0.05, 0) is 24.1 Å². The van der Waals surface area contributed by atoms with Gasteiger partial charge in [0.2, 0.25) is 0 Å². The van der Waals surface area contributed by atoms with Crippen LogP contribution >= 0.6 is 11.3 Å². The first-order chi connectivity index (χ1) is 11.7. The molecular formula is C19H17N3OS. The third-order valence-corrected chi connectivity index (χ3v) is 4.95. The second-order valence-corrected chi connectivity index (χ2v) is 6.90. The van der Waals surface area contributed by atoms with E-state index >= 15 is 0 Å². The molecule has 120 valence electrons. The van der Waals surface area contributed by atoms with Crippen molar-refractivity contribution < 1.29 is 4.79 Å². The van der Waals surface area contributed by atoms with E-state index in [1.807, 2.05) is 47.7 Å². The Morgan fingerprint density at radius 1 is 1.25 bits per heavy atom. The summed E-state index contributed by atoms with van der Waals surface area (Å²) in [7, 11) is 0. The van der Waals surface area contributed by atoms with Crippen molar-refractivity contribution in [2.24, 2.45) is 0 Å². The van der Waals surface area contributed by atoms with Crippen LogP contribution in [-0.2, 0) is 0 Å². The van der Waals surface area contributed by atoms with Crippen LogP contribution in [0.25, 0.3) is 16.8 Å². The van der Waals surface area contributed by atoms with E-state index in [-0.39, 0.29) is 5.91 Å².